The number of benzene rings is 1. The van der Waals surface area contributed by atoms with Crippen LogP contribution in [0.3, 0.4) is 0 Å². The molecule has 0 spiro atoms. The van der Waals surface area contributed by atoms with Gasteiger partial charge in [-0.1, -0.05) is 18.2 Å². The Hall–Kier alpha value is -1.81. The van der Waals surface area contributed by atoms with E-state index in [1.54, 1.807) is 13.2 Å². The van der Waals surface area contributed by atoms with Crippen molar-refractivity contribution in [3.63, 3.8) is 0 Å². The number of carbonyl (C=O) groups is 1. The maximum atomic E-state index is 10.3. The van der Waals surface area contributed by atoms with Gasteiger partial charge in [-0.3, -0.25) is 0 Å². The van der Waals surface area contributed by atoms with Crippen molar-refractivity contribution in [3.8, 4) is 5.75 Å². The van der Waals surface area contributed by atoms with E-state index < -0.39 is 5.97 Å². The van der Waals surface area contributed by atoms with E-state index in [4.69, 9.17) is 9.84 Å². The molecule has 1 atom stereocenters. The molecule has 1 rings (SSSR count). The quantitative estimate of drug-likeness (QED) is 0.740. The van der Waals surface area contributed by atoms with E-state index in [1.165, 1.54) is 0 Å². The summed E-state index contributed by atoms with van der Waals surface area (Å²) in [5.74, 6) is -0.113. The first-order valence-electron chi connectivity index (χ1n) is 5.40. The fourth-order valence-corrected chi connectivity index (χ4v) is 1.43. The van der Waals surface area contributed by atoms with Crippen LogP contribution in [0.25, 0.3) is 0 Å². The molecule has 17 heavy (non-hydrogen) atoms. The number of aliphatic carboxylic acids is 1. The Morgan fingerprint density at radius 2 is 2.35 bits per heavy atom. The molecule has 0 bridgehead atoms. The summed E-state index contributed by atoms with van der Waals surface area (Å²) >= 11 is 0. The van der Waals surface area contributed by atoms with Crippen molar-refractivity contribution in [2.75, 3.05) is 13.7 Å². The summed E-state index contributed by atoms with van der Waals surface area (Å²) in [6.07, 6.45) is 2.71. The number of carboxylic acids is 1. The second-order valence-corrected chi connectivity index (χ2v) is 3.65. The number of carboxylic acid groups (broad SMARTS) is 1. The predicted octanol–water partition coefficient (Wildman–Crippen LogP) is 1.99. The van der Waals surface area contributed by atoms with Gasteiger partial charge in [-0.15, -0.1) is 0 Å². The van der Waals surface area contributed by atoms with Crippen LogP contribution in [0.1, 0.15) is 18.5 Å². The van der Waals surface area contributed by atoms with Gasteiger partial charge in [0.1, 0.15) is 5.75 Å². The second-order valence-electron chi connectivity index (χ2n) is 3.65. The molecule has 0 saturated heterocycles. The lowest BCUT2D eigenvalue weighted by molar-refractivity contribution is -0.131. The average molecular weight is 235 g/mol. The third-order valence-corrected chi connectivity index (χ3v) is 2.40. The summed E-state index contributed by atoms with van der Waals surface area (Å²) in [6, 6.07) is 7.92. The molecule has 1 aromatic rings. The lowest BCUT2D eigenvalue weighted by Gasteiger charge is -2.13. The van der Waals surface area contributed by atoms with Crippen molar-refractivity contribution in [2.24, 2.45) is 0 Å². The highest BCUT2D eigenvalue weighted by atomic mass is 16.5. The third-order valence-electron chi connectivity index (χ3n) is 2.40. The van der Waals surface area contributed by atoms with Crippen LogP contribution in [0.2, 0.25) is 0 Å². The molecule has 0 radical (unpaired) electrons. The van der Waals surface area contributed by atoms with Crippen LogP contribution in [0.15, 0.2) is 36.4 Å². The summed E-state index contributed by atoms with van der Waals surface area (Å²) in [6.45, 7) is 2.54. The van der Waals surface area contributed by atoms with Gasteiger partial charge in [-0.05, 0) is 24.6 Å². The highest BCUT2D eigenvalue weighted by molar-refractivity contribution is 5.79. The van der Waals surface area contributed by atoms with E-state index in [9.17, 15) is 4.79 Å². The summed E-state index contributed by atoms with van der Waals surface area (Å²) in [7, 11) is 1.63. The van der Waals surface area contributed by atoms with Gasteiger partial charge in [-0.2, -0.15) is 0 Å². The van der Waals surface area contributed by atoms with Gasteiger partial charge in [0.05, 0.1) is 7.11 Å². The highest BCUT2D eigenvalue weighted by Gasteiger charge is 2.04. The Labute approximate surface area is 101 Å². The molecule has 4 nitrogen and oxygen atoms in total. The zero-order chi connectivity index (χ0) is 12.7. The molecule has 4 heteroatoms. The van der Waals surface area contributed by atoms with Crippen LogP contribution in [0.5, 0.6) is 5.75 Å². The summed E-state index contributed by atoms with van der Waals surface area (Å²) in [4.78, 5) is 10.3. The number of nitrogens with one attached hydrogen (secondary N) is 1. The molecule has 0 aliphatic rings. The minimum Gasteiger partial charge on any atom is -0.497 e. The minimum atomic E-state index is -0.930. The van der Waals surface area contributed by atoms with E-state index in [0.717, 1.165) is 17.4 Å². The minimum absolute atomic E-state index is 0.142. The van der Waals surface area contributed by atoms with E-state index >= 15 is 0 Å². The molecule has 0 fully saturated rings. The van der Waals surface area contributed by atoms with Gasteiger partial charge in [0, 0.05) is 18.7 Å². The van der Waals surface area contributed by atoms with Crippen molar-refractivity contribution in [2.45, 2.75) is 13.0 Å². The largest absolute Gasteiger partial charge is 0.497 e. The Balaban J connectivity index is 2.51. The van der Waals surface area contributed by atoms with Gasteiger partial charge >= 0.3 is 5.97 Å². The molecule has 92 valence electrons. The van der Waals surface area contributed by atoms with Gasteiger partial charge in [0.25, 0.3) is 0 Å². The van der Waals surface area contributed by atoms with Gasteiger partial charge in [0.2, 0.25) is 0 Å². The van der Waals surface area contributed by atoms with Crippen LogP contribution in [-0.2, 0) is 4.79 Å². The topological polar surface area (TPSA) is 58.6 Å². The molecule has 0 amide bonds. The fraction of sp³-hybridized carbons (Fsp3) is 0.308. The van der Waals surface area contributed by atoms with Crippen molar-refractivity contribution in [1.82, 2.24) is 5.32 Å². The number of ether oxygens (including phenoxy) is 1. The van der Waals surface area contributed by atoms with Crippen LogP contribution in [0, 0.1) is 0 Å². The molecule has 1 aromatic carbocycles. The predicted molar refractivity (Wildman–Crippen MR) is 66.2 cm³/mol. The third kappa shape index (κ3) is 4.70. The Morgan fingerprint density at radius 1 is 1.59 bits per heavy atom. The van der Waals surface area contributed by atoms with E-state index in [0.29, 0.717) is 6.54 Å². The van der Waals surface area contributed by atoms with Crippen molar-refractivity contribution in [3.05, 3.63) is 42.0 Å². The zero-order valence-electron chi connectivity index (χ0n) is 10.0. The smallest absolute Gasteiger partial charge is 0.328 e. The van der Waals surface area contributed by atoms with E-state index in [-0.39, 0.29) is 6.04 Å². The second kappa shape index (κ2) is 6.70. The maximum absolute atomic E-state index is 10.3. The number of hydrogen-bond donors (Lipinski definition) is 2. The molecule has 0 heterocycles. The van der Waals surface area contributed by atoms with Crippen LogP contribution in [0.4, 0.5) is 0 Å². The van der Waals surface area contributed by atoms with Crippen molar-refractivity contribution >= 4 is 5.97 Å². The summed E-state index contributed by atoms with van der Waals surface area (Å²) < 4.78 is 5.14. The highest BCUT2D eigenvalue weighted by Crippen LogP contribution is 2.18. The molecular weight excluding hydrogens is 218 g/mol. The van der Waals surface area contributed by atoms with Crippen LogP contribution >= 0.6 is 0 Å². The Kier molecular flexibility index (Phi) is 5.23. The van der Waals surface area contributed by atoms with Crippen molar-refractivity contribution < 1.29 is 14.6 Å². The van der Waals surface area contributed by atoms with Crippen LogP contribution < -0.4 is 10.1 Å². The lowest BCUT2D eigenvalue weighted by Crippen LogP contribution is -2.18. The molecule has 0 aromatic heterocycles. The molecule has 0 unspecified atom stereocenters. The zero-order valence-corrected chi connectivity index (χ0v) is 10.0. The molecule has 0 aliphatic carbocycles. The normalized spacial score (nSPS) is 12.6. The number of hydrogen-bond acceptors (Lipinski definition) is 3. The lowest BCUT2D eigenvalue weighted by atomic mass is 10.1. The Morgan fingerprint density at radius 3 is 3.00 bits per heavy atom. The Bertz CT molecular complexity index is 401. The number of methoxy groups -OCH3 is 1. The number of rotatable bonds is 6. The summed E-state index contributed by atoms with van der Waals surface area (Å²) in [5.41, 5.74) is 1.10. The fourth-order valence-electron chi connectivity index (χ4n) is 1.43. The standard InChI is InChI=1S/C13H17NO3/c1-10(14-8-4-7-13(15)16)11-5-3-6-12(9-11)17-2/h3-7,9-10,14H,8H2,1-2H3,(H,15,16)/b7-4+/t10-/m0/s1. The average Bonchev–Trinajstić information content (AvgIpc) is 2.34. The molecule has 0 saturated carbocycles. The van der Waals surface area contributed by atoms with E-state index in [1.807, 2.05) is 31.2 Å². The van der Waals surface area contributed by atoms with Gasteiger partial charge in [-0.25, -0.2) is 4.79 Å². The SMILES string of the molecule is COc1cccc([C@H](C)NC/C=C/C(=O)O)c1. The first-order valence-corrected chi connectivity index (χ1v) is 5.40. The van der Waals surface area contributed by atoms with Gasteiger partial charge in [0.15, 0.2) is 0 Å². The maximum Gasteiger partial charge on any atom is 0.328 e. The monoisotopic (exact) mass is 235 g/mol. The van der Waals surface area contributed by atoms with Crippen molar-refractivity contribution in [1.29, 1.82) is 0 Å². The first kappa shape index (κ1) is 13.3. The van der Waals surface area contributed by atoms with Crippen LogP contribution in [-0.4, -0.2) is 24.7 Å². The first-order chi connectivity index (χ1) is 8.13. The molecule has 2 N–H and O–H groups in total. The van der Waals surface area contributed by atoms with E-state index in [2.05, 4.69) is 5.32 Å². The van der Waals surface area contributed by atoms with Gasteiger partial charge < -0.3 is 15.2 Å². The summed E-state index contributed by atoms with van der Waals surface area (Å²) in [5, 5.41) is 11.6. The molecule has 0 aliphatic heterocycles. The molecular formula is C13H17NO3.